The van der Waals surface area contributed by atoms with Crippen LogP contribution >= 0.6 is 0 Å². The molecule has 5 unspecified atom stereocenters. The molecule has 0 saturated carbocycles. The van der Waals surface area contributed by atoms with Gasteiger partial charge in [-0.25, -0.2) is 4.79 Å². The van der Waals surface area contributed by atoms with Gasteiger partial charge in [0.25, 0.3) is 0 Å². The highest BCUT2D eigenvalue weighted by Crippen LogP contribution is 2.06. The van der Waals surface area contributed by atoms with Gasteiger partial charge < -0.3 is 42.7 Å². The molecule has 5 atom stereocenters. The first-order chi connectivity index (χ1) is 16.1. The highest BCUT2D eigenvalue weighted by atomic mass is 16.4. The third-order valence-electron chi connectivity index (χ3n) is 5.08. The van der Waals surface area contributed by atoms with Crippen molar-refractivity contribution in [1.82, 2.24) is 16.0 Å². The Balaban J connectivity index is 2.94. The fraction of sp³-hybridized carbons (Fsp3) is 0.545. The highest BCUT2D eigenvalue weighted by Gasteiger charge is 2.31. The van der Waals surface area contributed by atoms with Gasteiger partial charge in [0.2, 0.25) is 17.7 Å². The largest absolute Gasteiger partial charge is 0.480 e. The van der Waals surface area contributed by atoms with Gasteiger partial charge in [-0.05, 0) is 31.9 Å². The Labute approximate surface area is 198 Å². The second-order valence-corrected chi connectivity index (χ2v) is 7.95. The molecule has 12 nitrogen and oxygen atoms in total. The van der Waals surface area contributed by atoms with E-state index in [4.69, 9.17) is 16.6 Å². The lowest BCUT2D eigenvalue weighted by Gasteiger charge is -2.25. The molecule has 0 aliphatic rings. The molecule has 190 valence electrons. The number of hydrogen-bond donors (Lipinski definition) is 8. The van der Waals surface area contributed by atoms with Crippen LogP contribution < -0.4 is 27.4 Å². The van der Waals surface area contributed by atoms with Crippen molar-refractivity contribution in [2.75, 3.05) is 13.2 Å². The Bertz CT molecular complexity index is 806. The van der Waals surface area contributed by atoms with Crippen LogP contribution in [0.15, 0.2) is 30.3 Å². The number of amides is 3. The number of aliphatic carboxylic acids is 1. The molecule has 1 aromatic carbocycles. The Morgan fingerprint density at radius 2 is 1.53 bits per heavy atom. The number of aliphatic hydroxyl groups excluding tert-OH is 2. The number of carbonyl (C=O) groups excluding carboxylic acids is 3. The summed E-state index contributed by atoms with van der Waals surface area (Å²) in [5.74, 6) is -3.82. The van der Waals surface area contributed by atoms with Crippen molar-refractivity contribution in [3.63, 3.8) is 0 Å². The van der Waals surface area contributed by atoms with Gasteiger partial charge in [0, 0.05) is 6.42 Å². The van der Waals surface area contributed by atoms with Crippen molar-refractivity contribution in [2.24, 2.45) is 11.5 Å². The molecule has 1 rings (SSSR count). The normalized spacial score (nSPS) is 15.3. The van der Waals surface area contributed by atoms with Gasteiger partial charge >= 0.3 is 5.97 Å². The molecule has 0 radical (unpaired) electrons. The zero-order chi connectivity index (χ0) is 25.7. The first-order valence-electron chi connectivity index (χ1n) is 11.0. The lowest BCUT2D eigenvalue weighted by molar-refractivity contribution is -0.145. The fourth-order valence-corrected chi connectivity index (χ4v) is 3.09. The second-order valence-electron chi connectivity index (χ2n) is 7.95. The van der Waals surface area contributed by atoms with Gasteiger partial charge in [-0.15, -0.1) is 0 Å². The van der Waals surface area contributed by atoms with Crippen LogP contribution in [-0.2, 0) is 25.6 Å². The summed E-state index contributed by atoms with van der Waals surface area (Å²) in [5.41, 5.74) is 12.1. The zero-order valence-corrected chi connectivity index (χ0v) is 19.1. The molecule has 0 bridgehead atoms. The monoisotopic (exact) mass is 481 g/mol. The summed E-state index contributed by atoms with van der Waals surface area (Å²) in [4.78, 5) is 49.1. The number of rotatable bonds is 15. The standard InChI is InChI=1S/C22H35N5O7/c1-13(29)18(22(33)34)27-21(32)17(12-28)26-20(31)16(11-14-7-3-2-4-8-14)25-19(30)15(24)9-5-6-10-23/h2-4,7-8,13,15-18,28-29H,5-6,9-12,23-24H2,1H3,(H,25,30)(H,26,31)(H,27,32)(H,33,34). The molecule has 1 aromatic rings. The molecule has 0 heterocycles. The number of nitrogens with one attached hydrogen (secondary N) is 3. The molecule has 0 aromatic heterocycles. The van der Waals surface area contributed by atoms with Crippen molar-refractivity contribution in [2.45, 2.75) is 62.9 Å². The zero-order valence-electron chi connectivity index (χ0n) is 19.1. The maximum Gasteiger partial charge on any atom is 0.328 e. The summed E-state index contributed by atoms with van der Waals surface area (Å²) in [6, 6.07) is 3.69. The van der Waals surface area contributed by atoms with Crippen LogP contribution in [0, 0.1) is 0 Å². The number of benzene rings is 1. The van der Waals surface area contributed by atoms with Crippen molar-refractivity contribution in [1.29, 1.82) is 0 Å². The van der Waals surface area contributed by atoms with E-state index in [-0.39, 0.29) is 6.42 Å². The molecular weight excluding hydrogens is 446 g/mol. The van der Waals surface area contributed by atoms with E-state index in [1.807, 2.05) is 0 Å². The predicted octanol–water partition coefficient (Wildman–Crippen LogP) is -2.40. The average Bonchev–Trinajstić information content (AvgIpc) is 2.80. The van der Waals surface area contributed by atoms with Crippen LogP contribution in [0.2, 0.25) is 0 Å². The molecule has 34 heavy (non-hydrogen) atoms. The minimum absolute atomic E-state index is 0.0825. The van der Waals surface area contributed by atoms with Gasteiger partial charge in [-0.3, -0.25) is 14.4 Å². The van der Waals surface area contributed by atoms with Crippen molar-refractivity contribution < 1.29 is 34.5 Å². The van der Waals surface area contributed by atoms with E-state index >= 15 is 0 Å². The van der Waals surface area contributed by atoms with E-state index in [9.17, 15) is 29.4 Å². The molecule has 0 spiro atoms. The minimum Gasteiger partial charge on any atom is -0.480 e. The molecule has 0 saturated heterocycles. The number of aliphatic hydroxyl groups is 2. The maximum atomic E-state index is 13.0. The lowest BCUT2D eigenvalue weighted by Crippen LogP contribution is -2.59. The molecule has 0 aliphatic carbocycles. The Morgan fingerprint density at radius 1 is 0.941 bits per heavy atom. The average molecular weight is 482 g/mol. The van der Waals surface area contributed by atoms with Crippen LogP contribution in [0.5, 0.6) is 0 Å². The van der Waals surface area contributed by atoms with E-state index in [1.165, 1.54) is 6.92 Å². The molecule has 3 amide bonds. The summed E-state index contributed by atoms with van der Waals surface area (Å²) in [6.45, 7) is 0.803. The van der Waals surface area contributed by atoms with E-state index in [1.54, 1.807) is 30.3 Å². The molecule has 12 heteroatoms. The summed E-state index contributed by atoms with van der Waals surface area (Å²) >= 11 is 0. The Morgan fingerprint density at radius 3 is 2.06 bits per heavy atom. The molecule has 10 N–H and O–H groups in total. The predicted molar refractivity (Wildman–Crippen MR) is 123 cm³/mol. The summed E-state index contributed by atoms with van der Waals surface area (Å²) in [7, 11) is 0. The SMILES string of the molecule is CC(O)C(NC(=O)C(CO)NC(=O)C(Cc1ccccc1)NC(=O)C(N)CCCCN)C(=O)O. The van der Waals surface area contributed by atoms with Crippen molar-refractivity contribution >= 4 is 23.7 Å². The van der Waals surface area contributed by atoms with E-state index < -0.39 is 60.6 Å². The van der Waals surface area contributed by atoms with Crippen LogP contribution in [0.4, 0.5) is 0 Å². The highest BCUT2D eigenvalue weighted by molar-refractivity contribution is 5.94. The van der Waals surface area contributed by atoms with Gasteiger partial charge in [-0.1, -0.05) is 36.8 Å². The van der Waals surface area contributed by atoms with Crippen LogP contribution in [0.25, 0.3) is 0 Å². The van der Waals surface area contributed by atoms with Crippen LogP contribution in [0.3, 0.4) is 0 Å². The van der Waals surface area contributed by atoms with E-state index in [0.717, 1.165) is 5.56 Å². The number of unbranched alkanes of at least 4 members (excludes halogenated alkanes) is 1. The topological polar surface area (TPSA) is 217 Å². The third kappa shape index (κ3) is 9.83. The lowest BCUT2D eigenvalue weighted by atomic mass is 10.0. The Hall–Kier alpha value is -3.06. The summed E-state index contributed by atoms with van der Waals surface area (Å²) < 4.78 is 0. The number of carboxylic acid groups (broad SMARTS) is 1. The molecule has 0 aliphatic heterocycles. The van der Waals surface area contributed by atoms with Crippen LogP contribution in [0.1, 0.15) is 31.7 Å². The van der Waals surface area contributed by atoms with E-state index in [2.05, 4.69) is 16.0 Å². The van der Waals surface area contributed by atoms with Crippen molar-refractivity contribution in [3.05, 3.63) is 35.9 Å². The summed E-state index contributed by atoms with van der Waals surface area (Å²) in [5, 5.41) is 35.2. The maximum absolute atomic E-state index is 13.0. The first kappa shape index (κ1) is 29.0. The Kier molecular flexibility index (Phi) is 12.7. The van der Waals surface area contributed by atoms with Crippen molar-refractivity contribution in [3.8, 4) is 0 Å². The number of nitrogens with two attached hydrogens (primary N) is 2. The van der Waals surface area contributed by atoms with Crippen LogP contribution in [-0.4, -0.2) is 82.4 Å². The van der Waals surface area contributed by atoms with Gasteiger partial charge in [0.1, 0.15) is 12.1 Å². The number of hydrogen-bond acceptors (Lipinski definition) is 8. The third-order valence-corrected chi connectivity index (χ3v) is 5.08. The van der Waals surface area contributed by atoms with E-state index in [0.29, 0.717) is 25.8 Å². The van der Waals surface area contributed by atoms with Gasteiger partial charge in [0.05, 0.1) is 18.8 Å². The summed E-state index contributed by atoms with van der Waals surface area (Å²) in [6.07, 6.45) is 0.384. The quantitative estimate of drug-likeness (QED) is 0.125. The fourth-order valence-electron chi connectivity index (χ4n) is 3.09. The number of carbonyl (C=O) groups is 4. The van der Waals surface area contributed by atoms with Gasteiger partial charge in [-0.2, -0.15) is 0 Å². The minimum atomic E-state index is -1.63. The molecule has 0 fully saturated rings. The first-order valence-corrected chi connectivity index (χ1v) is 11.0. The molecular formula is C22H35N5O7. The second kappa shape index (κ2) is 15.0. The van der Waals surface area contributed by atoms with Gasteiger partial charge in [0.15, 0.2) is 6.04 Å². The number of carboxylic acids is 1. The smallest absolute Gasteiger partial charge is 0.328 e.